The van der Waals surface area contributed by atoms with Crippen LogP contribution >= 0.6 is 0 Å². The number of carbonyl (C=O) groups is 1. The van der Waals surface area contributed by atoms with Gasteiger partial charge in [-0.15, -0.1) is 0 Å². The molecule has 0 aromatic heterocycles. The number of primary amides is 1. The van der Waals surface area contributed by atoms with Gasteiger partial charge >= 0.3 is 6.03 Å². The molecule has 2 amide bonds. The number of fused-ring (bicyclic) bond motifs is 2. The lowest BCUT2D eigenvalue weighted by Gasteiger charge is -2.12. The van der Waals surface area contributed by atoms with Crippen LogP contribution in [-0.2, 0) is 12.8 Å². The lowest BCUT2D eigenvalue weighted by Crippen LogP contribution is -2.34. The highest BCUT2D eigenvalue weighted by atomic mass is 16.2. The summed E-state index contributed by atoms with van der Waals surface area (Å²) in [7, 11) is 2.01. The van der Waals surface area contributed by atoms with Crippen molar-refractivity contribution >= 4 is 11.6 Å². The maximum absolute atomic E-state index is 9.35. The molecule has 0 unspecified atom stereocenters. The van der Waals surface area contributed by atoms with E-state index in [9.17, 15) is 4.79 Å². The number of aryl methyl sites for hydroxylation is 2. The largest absolute Gasteiger partial charge is 0.351 e. The van der Waals surface area contributed by atoms with Crippen LogP contribution in [0.4, 0.5) is 4.79 Å². The summed E-state index contributed by atoms with van der Waals surface area (Å²) >= 11 is 0. The molecule has 0 fully saturated rings. The van der Waals surface area contributed by atoms with E-state index in [1.807, 2.05) is 7.05 Å². The van der Waals surface area contributed by atoms with E-state index in [0.717, 1.165) is 25.8 Å². The molecule has 0 atom stereocenters. The highest BCUT2D eigenvalue weighted by molar-refractivity contribution is 5.83. The first kappa shape index (κ1) is 18.7. The third-order valence-corrected chi connectivity index (χ3v) is 4.16. The molecule has 5 nitrogen and oxygen atoms in total. The van der Waals surface area contributed by atoms with Crippen molar-refractivity contribution in [2.45, 2.75) is 19.3 Å². The van der Waals surface area contributed by atoms with Gasteiger partial charge in [0.2, 0.25) is 0 Å². The zero-order valence-electron chi connectivity index (χ0n) is 14.6. The van der Waals surface area contributed by atoms with E-state index < -0.39 is 6.03 Å². The average molecular weight is 338 g/mol. The molecule has 2 aromatic rings. The number of rotatable bonds is 3. The number of nitrogens with one attached hydrogen (secondary N) is 2. The van der Waals surface area contributed by atoms with Crippen molar-refractivity contribution in [3.05, 3.63) is 76.9 Å². The standard InChI is InChI=1S/C19H21N.CH5N3O/c1-20-14-6-11-19-17-9-4-2-7-15(17)12-13-16-8-3-5-10-18(16)19;2-1(5)4-3/h2-5,7-11,20H,6,12-14H2,1H3;3H2,(H3,2,4,5). The van der Waals surface area contributed by atoms with Crippen LogP contribution in [0.1, 0.15) is 28.7 Å². The topological polar surface area (TPSA) is 93.2 Å². The third kappa shape index (κ3) is 5.17. The first-order valence-corrected chi connectivity index (χ1v) is 8.44. The average Bonchev–Trinajstić information content (AvgIpc) is 2.80. The maximum Gasteiger partial charge on any atom is 0.326 e. The van der Waals surface area contributed by atoms with E-state index in [0.29, 0.717) is 0 Å². The normalized spacial score (nSPS) is 12.0. The Morgan fingerprint density at radius 1 is 1.04 bits per heavy atom. The lowest BCUT2D eigenvalue weighted by atomic mass is 9.93. The van der Waals surface area contributed by atoms with Crippen molar-refractivity contribution in [3.63, 3.8) is 0 Å². The minimum absolute atomic E-state index is 0.718. The fourth-order valence-corrected chi connectivity index (χ4v) is 3.00. The molecule has 25 heavy (non-hydrogen) atoms. The molecule has 132 valence electrons. The van der Waals surface area contributed by atoms with Crippen LogP contribution in [0.5, 0.6) is 0 Å². The Morgan fingerprint density at radius 3 is 1.96 bits per heavy atom. The van der Waals surface area contributed by atoms with E-state index in [1.165, 1.54) is 27.8 Å². The first-order chi connectivity index (χ1) is 12.2. The van der Waals surface area contributed by atoms with Crippen LogP contribution in [0.3, 0.4) is 0 Å². The van der Waals surface area contributed by atoms with Gasteiger partial charge in [-0.05, 0) is 60.7 Å². The fourth-order valence-electron chi connectivity index (χ4n) is 3.00. The number of carbonyl (C=O) groups excluding carboxylic acids is 1. The van der Waals surface area contributed by atoms with E-state index >= 15 is 0 Å². The van der Waals surface area contributed by atoms with Crippen LogP contribution in [0.15, 0.2) is 54.6 Å². The lowest BCUT2D eigenvalue weighted by molar-refractivity contribution is 0.249. The second-order valence-electron chi connectivity index (χ2n) is 5.83. The zero-order valence-corrected chi connectivity index (χ0v) is 14.6. The summed E-state index contributed by atoms with van der Waals surface area (Å²) in [6, 6.07) is 17.0. The smallest absolute Gasteiger partial charge is 0.326 e. The van der Waals surface area contributed by atoms with Gasteiger partial charge in [-0.25, -0.2) is 10.6 Å². The van der Waals surface area contributed by atoms with Gasteiger partial charge in [-0.3, -0.25) is 5.43 Å². The van der Waals surface area contributed by atoms with Crippen molar-refractivity contribution in [1.29, 1.82) is 0 Å². The fraction of sp³-hybridized carbons (Fsp3) is 0.250. The summed E-state index contributed by atoms with van der Waals surface area (Å²) in [5.74, 6) is 4.45. The van der Waals surface area contributed by atoms with E-state index in [4.69, 9.17) is 0 Å². The minimum Gasteiger partial charge on any atom is -0.351 e. The second kappa shape index (κ2) is 9.61. The number of benzene rings is 2. The zero-order chi connectivity index (χ0) is 18.1. The van der Waals surface area contributed by atoms with Gasteiger partial charge in [0.25, 0.3) is 0 Å². The van der Waals surface area contributed by atoms with Crippen molar-refractivity contribution in [2.75, 3.05) is 13.6 Å². The number of nitrogens with two attached hydrogens (primary N) is 2. The molecular formula is C20H26N4O. The van der Waals surface area contributed by atoms with Crippen molar-refractivity contribution in [3.8, 4) is 0 Å². The summed E-state index contributed by atoms with van der Waals surface area (Å²) in [5.41, 5.74) is 13.3. The number of hydrogen-bond acceptors (Lipinski definition) is 3. The summed E-state index contributed by atoms with van der Waals surface area (Å²) < 4.78 is 0. The van der Waals surface area contributed by atoms with Crippen molar-refractivity contribution < 1.29 is 4.79 Å². The van der Waals surface area contributed by atoms with Crippen LogP contribution < -0.4 is 22.3 Å². The van der Waals surface area contributed by atoms with Gasteiger partial charge in [-0.1, -0.05) is 54.6 Å². The van der Waals surface area contributed by atoms with Gasteiger partial charge in [0, 0.05) is 0 Å². The highest BCUT2D eigenvalue weighted by Crippen LogP contribution is 2.33. The molecule has 0 saturated carbocycles. The molecule has 0 saturated heterocycles. The molecule has 0 heterocycles. The molecule has 1 aliphatic rings. The summed E-state index contributed by atoms with van der Waals surface area (Å²) in [5, 5.41) is 3.23. The molecule has 3 rings (SSSR count). The molecule has 0 spiro atoms. The predicted octanol–water partition coefficient (Wildman–Crippen LogP) is 2.35. The van der Waals surface area contributed by atoms with Crippen LogP contribution in [0.2, 0.25) is 0 Å². The van der Waals surface area contributed by atoms with Gasteiger partial charge in [0.1, 0.15) is 0 Å². The van der Waals surface area contributed by atoms with E-state index in [-0.39, 0.29) is 0 Å². The van der Waals surface area contributed by atoms with Crippen LogP contribution in [-0.4, -0.2) is 19.6 Å². The Morgan fingerprint density at radius 2 is 1.52 bits per heavy atom. The molecule has 6 N–H and O–H groups in total. The van der Waals surface area contributed by atoms with Crippen LogP contribution in [0.25, 0.3) is 5.57 Å². The van der Waals surface area contributed by atoms with Gasteiger partial charge in [0.15, 0.2) is 0 Å². The molecular weight excluding hydrogens is 312 g/mol. The Kier molecular flexibility index (Phi) is 7.19. The monoisotopic (exact) mass is 338 g/mol. The maximum atomic E-state index is 9.35. The van der Waals surface area contributed by atoms with Crippen LogP contribution in [0, 0.1) is 0 Å². The quantitative estimate of drug-likeness (QED) is 0.299. The van der Waals surface area contributed by atoms with Gasteiger partial charge in [-0.2, -0.15) is 0 Å². The SMILES string of the molecule is CNCCC=C1c2ccccc2CCc2ccccc21.NNC(N)=O. The summed E-state index contributed by atoms with van der Waals surface area (Å²) in [6.45, 7) is 1.02. The van der Waals surface area contributed by atoms with Crippen molar-refractivity contribution in [1.82, 2.24) is 10.7 Å². The summed E-state index contributed by atoms with van der Waals surface area (Å²) in [6.07, 6.45) is 5.72. The highest BCUT2D eigenvalue weighted by Gasteiger charge is 2.16. The Balaban J connectivity index is 0.000000399. The van der Waals surface area contributed by atoms with Crippen molar-refractivity contribution in [2.24, 2.45) is 11.6 Å². The second-order valence-corrected chi connectivity index (χ2v) is 5.83. The Labute approximate surface area is 149 Å². The van der Waals surface area contributed by atoms with E-state index in [2.05, 4.69) is 71.5 Å². The number of amides is 2. The number of hydrazine groups is 1. The molecule has 5 heteroatoms. The van der Waals surface area contributed by atoms with Gasteiger partial charge < -0.3 is 11.1 Å². The molecule has 0 aliphatic heterocycles. The predicted molar refractivity (Wildman–Crippen MR) is 103 cm³/mol. The molecule has 1 aliphatic carbocycles. The Hall–Kier alpha value is -2.63. The number of hydrogen-bond donors (Lipinski definition) is 4. The first-order valence-electron chi connectivity index (χ1n) is 8.44. The Bertz CT molecular complexity index is 690. The molecule has 2 aromatic carbocycles. The molecule has 0 bridgehead atoms. The third-order valence-electron chi connectivity index (χ3n) is 4.16. The van der Waals surface area contributed by atoms with E-state index in [1.54, 1.807) is 5.43 Å². The minimum atomic E-state index is -0.718. The summed E-state index contributed by atoms with van der Waals surface area (Å²) in [4.78, 5) is 9.35. The van der Waals surface area contributed by atoms with Gasteiger partial charge in [0.05, 0.1) is 0 Å². The number of urea groups is 1. The molecule has 0 radical (unpaired) electrons.